The third kappa shape index (κ3) is 5.40. The summed E-state index contributed by atoms with van der Waals surface area (Å²) in [6.07, 6.45) is 9.24. The van der Waals surface area contributed by atoms with Gasteiger partial charge in [-0.1, -0.05) is 62.8 Å². The van der Waals surface area contributed by atoms with Gasteiger partial charge < -0.3 is 14.2 Å². The van der Waals surface area contributed by atoms with Crippen molar-refractivity contribution in [2.75, 3.05) is 13.2 Å². The fraction of sp³-hybridized carbons (Fsp3) is 0.542. The quantitative estimate of drug-likeness (QED) is 0.570. The average molecular weight is 385 g/mol. The first kappa shape index (κ1) is 20.5. The molecule has 1 aliphatic rings. The number of esters is 1. The SMILES string of the molecule is CC(C)OC(=O)c1cc2c3ccccc3c1OCCCCCCCCCCO2. The van der Waals surface area contributed by atoms with Crippen molar-refractivity contribution >= 4 is 16.7 Å². The Kier molecular flexibility index (Phi) is 7.58. The number of carbonyl (C=O) groups excluding carboxylic acids is 1. The number of hydrogen-bond acceptors (Lipinski definition) is 4. The third-order valence-electron chi connectivity index (χ3n) is 5.06. The van der Waals surface area contributed by atoms with Crippen molar-refractivity contribution in [3.05, 3.63) is 35.9 Å². The molecule has 0 unspecified atom stereocenters. The minimum atomic E-state index is -0.360. The molecule has 1 aliphatic heterocycles. The van der Waals surface area contributed by atoms with Crippen molar-refractivity contribution in [1.82, 2.24) is 0 Å². The minimum Gasteiger partial charge on any atom is -0.493 e. The van der Waals surface area contributed by atoms with Gasteiger partial charge in [0.1, 0.15) is 17.1 Å². The molecule has 0 saturated heterocycles. The van der Waals surface area contributed by atoms with Crippen molar-refractivity contribution in [2.45, 2.75) is 71.3 Å². The maximum atomic E-state index is 12.8. The topological polar surface area (TPSA) is 44.8 Å². The first-order valence-electron chi connectivity index (χ1n) is 10.7. The van der Waals surface area contributed by atoms with Gasteiger partial charge in [-0.2, -0.15) is 0 Å². The molecule has 0 spiro atoms. The summed E-state index contributed by atoms with van der Waals surface area (Å²) < 4.78 is 17.7. The van der Waals surface area contributed by atoms with E-state index < -0.39 is 0 Å². The predicted molar refractivity (Wildman–Crippen MR) is 112 cm³/mol. The fourth-order valence-corrected chi connectivity index (χ4v) is 3.64. The van der Waals surface area contributed by atoms with Gasteiger partial charge in [0.25, 0.3) is 0 Å². The van der Waals surface area contributed by atoms with E-state index in [2.05, 4.69) is 0 Å². The number of hydrogen-bond donors (Lipinski definition) is 0. The summed E-state index contributed by atoms with van der Waals surface area (Å²) in [5.74, 6) is 0.980. The van der Waals surface area contributed by atoms with Crippen molar-refractivity contribution < 1.29 is 19.0 Å². The molecule has 3 rings (SSSR count). The number of rotatable bonds is 2. The van der Waals surface area contributed by atoms with Crippen LogP contribution in [-0.2, 0) is 4.74 Å². The van der Waals surface area contributed by atoms with E-state index >= 15 is 0 Å². The molecule has 0 fully saturated rings. The van der Waals surface area contributed by atoms with Crippen molar-refractivity contribution in [3.63, 3.8) is 0 Å². The molecule has 0 amide bonds. The van der Waals surface area contributed by atoms with Crippen LogP contribution in [0.4, 0.5) is 0 Å². The van der Waals surface area contributed by atoms with Crippen molar-refractivity contribution in [3.8, 4) is 11.5 Å². The molecule has 0 radical (unpaired) electrons. The van der Waals surface area contributed by atoms with Crippen LogP contribution in [0.5, 0.6) is 11.5 Å². The normalized spacial score (nSPS) is 16.5. The molecule has 0 saturated carbocycles. The van der Waals surface area contributed by atoms with E-state index in [1.165, 1.54) is 32.1 Å². The lowest BCUT2D eigenvalue weighted by atomic mass is 10.0. The Morgan fingerprint density at radius 3 is 2.07 bits per heavy atom. The van der Waals surface area contributed by atoms with Gasteiger partial charge in [0, 0.05) is 10.8 Å². The van der Waals surface area contributed by atoms with E-state index in [0.29, 0.717) is 24.5 Å². The number of carbonyl (C=O) groups is 1. The highest BCUT2D eigenvalue weighted by molar-refractivity contribution is 6.04. The summed E-state index contributed by atoms with van der Waals surface area (Å²) in [5.41, 5.74) is 0.453. The van der Waals surface area contributed by atoms with Crippen molar-refractivity contribution in [1.29, 1.82) is 0 Å². The highest BCUT2D eigenvalue weighted by Crippen LogP contribution is 2.38. The largest absolute Gasteiger partial charge is 0.493 e. The molecule has 152 valence electrons. The standard InChI is InChI=1S/C24H32O4/c1-18(2)28-24(25)21-17-22-19-13-9-10-14-20(19)23(21)27-16-12-8-6-4-3-5-7-11-15-26-22/h9-10,13-14,17-18H,3-8,11-12,15-16H2,1-2H3. The van der Waals surface area contributed by atoms with Gasteiger partial charge in [0.05, 0.1) is 19.3 Å². The Balaban J connectivity index is 2.00. The molecule has 28 heavy (non-hydrogen) atoms. The van der Waals surface area contributed by atoms with Gasteiger partial charge in [-0.15, -0.1) is 0 Å². The molecule has 0 atom stereocenters. The van der Waals surface area contributed by atoms with Crippen LogP contribution in [0.3, 0.4) is 0 Å². The maximum Gasteiger partial charge on any atom is 0.342 e. The first-order valence-corrected chi connectivity index (χ1v) is 10.7. The van der Waals surface area contributed by atoms with Crippen LogP contribution < -0.4 is 9.47 Å². The molecule has 1 heterocycles. The van der Waals surface area contributed by atoms with Gasteiger partial charge in [0.15, 0.2) is 0 Å². The molecular weight excluding hydrogens is 352 g/mol. The van der Waals surface area contributed by atoms with Gasteiger partial charge in [0.2, 0.25) is 0 Å². The second-order valence-corrected chi connectivity index (χ2v) is 7.78. The van der Waals surface area contributed by atoms with E-state index in [4.69, 9.17) is 14.2 Å². The van der Waals surface area contributed by atoms with Crippen molar-refractivity contribution in [2.24, 2.45) is 0 Å². The summed E-state index contributed by atoms with van der Waals surface area (Å²) >= 11 is 0. The van der Waals surface area contributed by atoms with Crippen LogP contribution in [0.2, 0.25) is 0 Å². The molecule has 0 aromatic heterocycles. The molecule has 0 N–H and O–H groups in total. The monoisotopic (exact) mass is 384 g/mol. The van der Waals surface area contributed by atoms with Gasteiger partial charge >= 0.3 is 5.97 Å². The Hall–Kier alpha value is -2.23. The number of ether oxygens (including phenoxy) is 3. The van der Waals surface area contributed by atoms with E-state index in [-0.39, 0.29) is 12.1 Å². The zero-order valence-corrected chi connectivity index (χ0v) is 17.2. The summed E-state index contributed by atoms with van der Waals surface area (Å²) in [5, 5.41) is 1.88. The van der Waals surface area contributed by atoms with E-state index in [1.807, 2.05) is 38.1 Å². The Labute approximate surface area is 168 Å². The summed E-state index contributed by atoms with van der Waals surface area (Å²) in [7, 11) is 0. The van der Waals surface area contributed by atoms with Crippen LogP contribution in [0.15, 0.2) is 30.3 Å². The average Bonchev–Trinajstić information content (AvgIpc) is 2.67. The Bertz CT molecular complexity index is 782. The molecule has 2 bridgehead atoms. The molecule has 4 heteroatoms. The highest BCUT2D eigenvalue weighted by atomic mass is 16.5. The Morgan fingerprint density at radius 1 is 0.857 bits per heavy atom. The maximum absolute atomic E-state index is 12.8. The molecule has 4 nitrogen and oxygen atoms in total. The lowest BCUT2D eigenvalue weighted by molar-refractivity contribution is 0.0373. The smallest absolute Gasteiger partial charge is 0.342 e. The minimum absolute atomic E-state index is 0.186. The molecule has 2 aromatic carbocycles. The van der Waals surface area contributed by atoms with Gasteiger partial charge in [-0.05, 0) is 32.8 Å². The van der Waals surface area contributed by atoms with Crippen LogP contribution in [0.25, 0.3) is 10.8 Å². The van der Waals surface area contributed by atoms with E-state index in [0.717, 1.165) is 35.8 Å². The summed E-state index contributed by atoms with van der Waals surface area (Å²) in [6, 6.07) is 9.78. The van der Waals surface area contributed by atoms with Crippen LogP contribution in [-0.4, -0.2) is 25.3 Å². The Morgan fingerprint density at radius 2 is 1.43 bits per heavy atom. The van der Waals surface area contributed by atoms with E-state index in [9.17, 15) is 4.79 Å². The highest BCUT2D eigenvalue weighted by Gasteiger charge is 2.21. The lowest BCUT2D eigenvalue weighted by Crippen LogP contribution is -2.14. The van der Waals surface area contributed by atoms with Crippen LogP contribution in [0.1, 0.15) is 75.6 Å². The second kappa shape index (κ2) is 10.4. The fourth-order valence-electron chi connectivity index (χ4n) is 3.64. The zero-order valence-electron chi connectivity index (χ0n) is 17.2. The van der Waals surface area contributed by atoms with Gasteiger partial charge in [-0.3, -0.25) is 0 Å². The third-order valence-corrected chi connectivity index (χ3v) is 5.06. The molecule has 0 aliphatic carbocycles. The van der Waals surface area contributed by atoms with Crippen LogP contribution >= 0.6 is 0 Å². The number of benzene rings is 2. The second-order valence-electron chi connectivity index (χ2n) is 7.78. The molecular formula is C24H32O4. The zero-order chi connectivity index (χ0) is 19.8. The summed E-state index contributed by atoms with van der Waals surface area (Å²) in [6.45, 7) is 4.97. The lowest BCUT2D eigenvalue weighted by Gasteiger charge is -2.18. The van der Waals surface area contributed by atoms with Crippen LogP contribution in [0, 0.1) is 0 Å². The first-order chi connectivity index (χ1) is 13.7. The van der Waals surface area contributed by atoms with Gasteiger partial charge in [-0.25, -0.2) is 4.79 Å². The summed E-state index contributed by atoms with van der Waals surface area (Å²) in [4.78, 5) is 12.8. The van der Waals surface area contributed by atoms with E-state index in [1.54, 1.807) is 6.07 Å². The predicted octanol–water partition coefficient (Wildman–Crippen LogP) is 6.30. The molecule has 2 aromatic rings.